The molecule has 1 aromatic heterocycles. The van der Waals surface area contributed by atoms with Crippen LogP contribution >= 0.6 is 0 Å². The SMILES string of the molecule is Nc1cccc(N2CC3CCCC3C2)n1. The lowest BCUT2D eigenvalue weighted by Crippen LogP contribution is -2.21. The van der Waals surface area contributed by atoms with E-state index in [0.29, 0.717) is 5.82 Å². The Balaban J connectivity index is 1.79. The highest BCUT2D eigenvalue weighted by Crippen LogP contribution is 2.39. The molecule has 0 bridgehead atoms. The van der Waals surface area contributed by atoms with Gasteiger partial charge in [0.15, 0.2) is 0 Å². The van der Waals surface area contributed by atoms with Crippen molar-refractivity contribution in [1.29, 1.82) is 0 Å². The summed E-state index contributed by atoms with van der Waals surface area (Å²) in [7, 11) is 0. The molecule has 1 aliphatic heterocycles. The number of fused-ring (bicyclic) bond motifs is 1. The van der Waals surface area contributed by atoms with Gasteiger partial charge in [-0.05, 0) is 36.8 Å². The molecule has 1 aromatic rings. The highest BCUT2D eigenvalue weighted by molar-refractivity contribution is 5.45. The molecule has 0 aromatic carbocycles. The largest absolute Gasteiger partial charge is 0.384 e. The molecule has 2 fully saturated rings. The molecule has 3 rings (SSSR count). The van der Waals surface area contributed by atoms with Crippen LogP contribution in [0.25, 0.3) is 0 Å². The van der Waals surface area contributed by atoms with E-state index in [1.54, 1.807) is 0 Å². The smallest absolute Gasteiger partial charge is 0.130 e. The van der Waals surface area contributed by atoms with Crippen molar-refractivity contribution in [3.05, 3.63) is 18.2 Å². The summed E-state index contributed by atoms with van der Waals surface area (Å²) in [5.41, 5.74) is 5.70. The topological polar surface area (TPSA) is 42.1 Å². The van der Waals surface area contributed by atoms with E-state index >= 15 is 0 Å². The molecule has 3 heteroatoms. The predicted molar refractivity (Wildman–Crippen MR) is 61.7 cm³/mol. The molecule has 0 spiro atoms. The molecule has 80 valence electrons. The Morgan fingerprint density at radius 1 is 1.20 bits per heavy atom. The normalized spacial score (nSPS) is 29.5. The second kappa shape index (κ2) is 3.40. The number of pyridine rings is 1. The Morgan fingerprint density at radius 2 is 1.93 bits per heavy atom. The van der Waals surface area contributed by atoms with E-state index in [2.05, 4.69) is 16.0 Å². The summed E-state index contributed by atoms with van der Waals surface area (Å²) in [5.74, 6) is 3.51. The van der Waals surface area contributed by atoms with Gasteiger partial charge >= 0.3 is 0 Å². The summed E-state index contributed by atoms with van der Waals surface area (Å²) in [6.45, 7) is 2.36. The molecule has 2 unspecified atom stereocenters. The third-order valence-corrected chi connectivity index (χ3v) is 3.81. The average molecular weight is 203 g/mol. The predicted octanol–water partition coefficient (Wildman–Crippen LogP) is 1.90. The Bertz CT molecular complexity index is 352. The van der Waals surface area contributed by atoms with Crippen molar-refractivity contribution in [2.24, 2.45) is 11.8 Å². The highest BCUT2D eigenvalue weighted by atomic mass is 15.2. The number of hydrogen-bond donors (Lipinski definition) is 1. The third-order valence-electron chi connectivity index (χ3n) is 3.81. The van der Waals surface area contributed by atoms with Gasteiger partial charge in [0, 0.05) is 13.1 Å². The molecule has 2 aliphatic rings. The van der Waals surface area contributed by atoms with Crippen molar-refractivity contribution >= 4 is 11.6 Å². The number of rotatable bonds is 1. The standard InChI is InChI=1S/C12H17N3/c13-11-5-2-6-12(14-11)15-7-9-3-1-4-10(9)8-15/h2,5-6,9-10H,1,3-4,7-8H2,(H2,13,14). The van der Waals surface area contributed by atoms with Gasteiger partial charge in [0.1, 0.15) is 11.6 Å². The lowest BCUT2D eigenvalue weighted by atomic mass is 10.0. The summed E-state index contributed by atoms with van der Waals surface area (Å²) in [4.78, 5) is 6.78. The Kier molecular flexibility index (Phi) is 2.04. The van der Waals surface area contributed by atoms with Crippen LogP contribution in [0.3, 0.4) is 0 Å². The van der Waals surface area contributed by atoms with Crippen LogP contribution in [0.15, 0.2) is 18.2 Å². The van der Waals surface area contributed by atoms with Gasteiger partial charge in [-0.3, -0.25) is 0 Å². The van der Waals surface area contributed by atoms with E-state index in [1.165, 1.54) is 32.4 Å². The zero-order valence-corrected chi connectivity index (χ0v) is 8.89. The van der Waals surface area contributed by atoms with Gasteiger partial charge < -0.3 is 10.6 Å². The fourth-order valence-electron chi connectivity index (χ4n) is 3.04. The molecule has 1 aliphatic carbocycles. The van der Waals surface area contributed by atoms with E-state index in [-0.39, 0.29) is 0 Å². The van der Waals surface area contributed by atoms with Crippen molar-refractivity contribution in [2.75, 3.05) is 23.7 Å². The van der Waals surface area contributed by atoms with Crippen LogP contribution in [0.5, 0.6) is 0 Å². The molecule has 1 saturated carbocycles. The molecule has 1 saturated heterocycles. The second-order valence-electron chi connectivity index (χ2n) is 4.78. The number of aromatic nitrogens is 1. The summed E-state index contributed by atoms with van der Waals surface area (Å²) < 4.78 is 0. The fraction of sp³-hybridized carbons (Fsp3) is 0.583. The first kappa shape index (κ1) is 9.01. The zero-order chi connectivity index (χ0) is 10.3. The first-order valence-corrected chi connectivity index (χ1v) is 5.80. The number of nitrogen functional groups attached to an aromatic ring is 1. The molecular formula is C12H17N3. The van der Waals surface area contributed by atoms with Gasteiger partial charge in [0.05, 0.1) is 0 Å². The average Bonchev–Trinajstić information content (AvgIpc) is 2.76. The molecule has 15 heavy (non-hydrogen) atoms. The maximum atomic E-state index is 5.70. The van der Waals surface area contributed by atoms with Crippen molar-refractivity contribution in [3.63, 3.8) is 0 Å². The van der Waals surface area contributed by atoms with Crippen molar-refractivity contribution in [2.45, 2.75) is 19.3 Å². The molecule has 3 nitrogen and oxygen atoms in total. The maximum Gasteiger partial charge on any atom is 0.130 e. The van der Waals surface area contributed by atoms with Crippen LogP contribution in [0.1, 0.15) is 19.3 Å². The Hall–Kier alpha value is -1.25. The van der Waals surface area contributed by atoms with Crippen LogP contribution in [0.2, 0.25) is 0 Å². The number of hydrogen-bond acceptors (Lipinski definition) is 3. The fourth-order valence-corrected chi connectivity index (χ4v) is 3.04. The van der Waals surface area contributed by atoms with Gasteiger partial charge in [-0.2, -0.15) is 0 Å². The van der Waals surface area contributed by atoms with Crippen LogP contribution < -0.4 is 10.6 Å². The Labute approximate surface area is 90.3 Å². The van der Waals surface area contributed by atoms with Crippen LogP contribution in [-0.2, 0) is 0 Å². The van der Waals surface area contributed by atoms with Gasteiger partial charge in [0.25, 0.3) is 0 Å². The summed E-state index contributed by atoms with van der Waals surface area (Å²) in [6.07, 6.45) is 4.24. The third kappa shape index (κ3) is 1.56. The van der Waals surface area contributed by atoms with Gasteiger partial charge in [0.2, 0.25) is 0 Å². The lowest BCUT2D eigenvalue weighted by molar-refractivity contribution is 0.494. The van der Waals surface area contributed by atoms with E-state index in [1.807, 2.05) is 12.1 Å². The monoisotopic (exact) mass is 203 g/mol. The lowest BCUT2D eigenvalue weighted by Gasteiger charge is -2.18. The highest BCUT2D eigenvalue weighted by Gasteiger charge is 2.36. The Morgan fingerprint density at radius 3 is 2.60 bits per heavy atom. The summed E-state index contributed by atoms with van der Waals surface area (Å²) in [5, 5.41) is 0. The van der Waals surface area contributed by atoms with Crippen LogP contribution in [-0.4, -0.2) is 18.1 Å². The summed E-state index contributed by atoms with van der Waals surface area (Å²) >= 11 is 0. The first-order valence-electron chi connectivity index (χ1n) is 5.80. The van der Waals surface area contributed by atoms with E-state index in [0.717, 1.165) is 17.7 Å². The quantitative estimate of drug-likeness (QED) is 0.758. The maximum absolute atomic E-state index is 5.70. The first-order chi connectivity index (χ1) is 7.33. The van der Waals surface area contributed by atoms with Gasteiger partial charge in [-0.25, -0.2) is 4.98 Å². The number of nitrogens with zero attached hydrogens (tertiary/aromatic N) is 2. The molecular weight excluding hydrogens is 186 g/mol. The van der Waals surface area contributed by atoms with Crippen molar-refractivity contribution < 1.29 is 0 Å². The minimum absolute atomic E-state index is 0.629. The van der Waals surface area contributed by atoms with E-state index < -0.39 is 0 Å². The van der Waals surface area contributed by atoms with E-state index in [4.69, 9.17) is 5.73 Å². The number of anilines is 2. The molecule has 2 heterocycles. The van der Waals surface area contributed by atoms with E-state index in [9.17, 15) is 0 Å². The van der Waals surface area contributed by atoms with Gasteiger partial charge in [-0.1, -0.05) is 12.5 Å². The van der Waals surface area contributed by atoms with Crippen LogP contribution in [0, 0.1) is 11.8 Å². The minimum atomic E-state index is 0.629. The molecule has 0 amide bonds. The molecule has 2 N–H and O–H groups in total. The second-order valence-corrected chi connectivity index (χ2v) is 4.78. The van der Waals surface area contributed by atoms with Gasteiger partial charge in [-0.15, -0.1) is 0 Å². The molecule has 0 radical (unpaired) electrons. The summed E-state index contributed by atoms with van der Waals surface area (Å²) in [6, 6.07) is 5.91. The van der Waals surface area contributed by atoms with Crippen molar-refractivity contribution in [1.82, 2.24) is 4.98 Å². The number of nitrogens with two attached hydrogens (primary N) is 1. The molecule has 2 atom stereocenters. The van der Waals surface area contributed by atoms with Crippen molar-refractivity contribution in [3.8, 4) is 0 Å². The zero-order valence-electron chi connectivity index (χ0n) is 8.89. The van der Waals surface area contributed by atoms with Crippen LogP contribution in [0.4, 0.5) is 11.6 Å². The minimum Gasteiger partial charge on any atom is -0.384 e.